The number of thiazole rings is 1. The summed E-state index contributed by atoms with van der Waals surface area (Å²) in [6, 6.07) is 0. The summed E-state index contributed by atoms with van der Waals surface area (Å²) < 4.78 is 0. The molecule has 0 unspecified atom stereocenters. The normalized spacial score (nSPS) is 10.8. The minimum Gasteiger partial charge on any atom is -0.246 e. The van der Waals surface area contributed by atoms with Gasteiger partial charge in [-0.2, -0.15) is 0 Å². The molecule has 0 amide bonds. The molecule has 0 atom stereocenters. The Morgan fingerprint density at radius 1 is 1.00 bits per heavy atom. The molecule has 0 aliphatic heterocycles. The topological polar surface area (TPSA) is 12.9 Å². The van der Waals surface area contributed by atoms with Crippen molar-refractivity contribution < 1.29 is 0 Å². The molecule has 2 heteroatoms. The number of hydrogen-bond acceptors (Lipinski definition) is 2. The highest BCUT2D eigenvalue weighted by Crippen LogP contribution is 2.15. The van der Waals surface area contributed by atoms with Crippen molar-refractivity contribution in [3.63, 3.8) is 0 Å². The molecule has 86 valence electrons. The van der Waals surface area contributed by atoms with Gasteiger partial charge in [-0.15, -0.1) is 11.3 Å². The summed E-state index contributed by atoms with van der Waals surface area (Å²) in [4.78, 5) is 4.66. The van der Waals surface area contributed by atoms with Crippen molar-refractivity contribution in [2.45, 2.75) is 65.2 Å². The van der Waals surface area contributed by atoms with Gasteiger partial charge in [0.2, 0.25) is 0 Å². The van der Waals surface area contributed by atoms with E-state index < -0.39 is 0 Å². The van der Waals surface area contributed by atoms with Crippen molar-refractivity contribution in [1.82, 2.24) is 4.98 Å². The monoisotopic (exact) mass is 225 g/mol. The number of nitrogens with zero attached hydrogens (tertiary/aromatic N) is 1. The van der Waals surface area contributed by atoms with E-state index in [1.165, 1.54) is 62.1 Å². The molecule has 0 fully saturated rings. The smallest absolute Gasteiger partial charge is 0.0928 e. The van der Waals surface area contributed by atoms with E-state index >= 15 is 0 Å². The maximum atomic E-state index is 4.66. The van der Waals surface area contributed by atoms with Crippen molar-refractivity contribution in [1.29, 1.82) is 0 Å². The minimum absolute atomic E-state index is 1.18. The third-order valence-corrected chi connectivity index (χ3v) is 3.59. The minimum atomic E-state index is 1.18. The Morgan fingerprint density at radius 3 is 2.53 bits per heavy atom. The van der Waals surface area contributed by atoms with E-state index in [0.29, 0.717) is 0 Å². The molecule has 0 aromatic carbocycles. The quantitative estimate of drug-likeness (QED) is 0.589. The largest absolute Gasteiger partial charge is 0.246 e. The highest BCUT2D eigenvalue weighted by Gasteiger charge is 2.01. The fourth-order valence-electron chi connectivity index (χ4n) is 1.64. The zero-order valence-corrected chi connectivity index (χ0v) is 10.9. The molecule has 0 saturated carbocycles. The molecule has 0 aliphatic carbocycles. The van der Waals surface area contributed by atoms with Gasteiger partial charge in [-0.25, -0.2) is 4.98 Å². The van der Waals surface area contributed by atoms with E-state index in [0.717, 1.165) is 0 Å². The molecule has 0 bridgehead atoms. The average molecular weight is 225 g/mol. The van der Waals surface area contributed by atoms with Gasteiger partial charge < -0.3 is 0 Å². The predicted molar refractivity (Wildman–Crippen MR) is 68.6 cm³/mol. The summed E-state index contributed by atoms with van der Waals surface area (Å²) in [5, 5.41) is 3.58. The van der Waals surface area contributed by atoms with Crippen LogP contribution in [0, 0.1) is 0 Å². The third-order valence-electron chi connectivity index (χ3n) is 2.63. The van der Waals surface area contributed by atoms with E-state index in [-0.39, 0.29) is 0 Å². The number of unbranched alkanes of at least 4 members (excludes halogenated alkanes) is 4. The zero-order chi connectivity index (χ0) is 10.9. The van der Waals surface area contributed by atoms with Crippen molar-refractivity contribution in [2.75, 3.05) is 0 Å². The van der Waals surface area contributed by atoms with Gasteiger partial charge in [0.05, 0.1) is 10.7 Å². The van der Waals surface area contributed by atoms with Crippen LogP contribution in [0.2, 0.25) is 0 Å². The molecule has 0 aliphatic rings. The van der Waals surface area contributed by atoms with Crippen LogP contribution in [0.4, 0.5) is 0 Å². The van der Waals surface area contributed by atoms with Crippen molar-refractivity contribution in [3.8, 4) is 0 Å². The molecule has 1 aromatic heterocycles. The van der Waals surface area contributed by atoms with Crippen LogP contribution in [-0.4, -0.2) is 4.98 Å². The summed E-state index contributed by atoms with van der Waals surface area (Å²) in [6.45, 7) is 4.49. The second-order valence-electron chi connectivity index (χ2n) is 4.15. The van der Waals surface area contributed by atoms with Crippen LogP contribution in [0.15, 0.2) is 5.38 Å². The molecule has 1 aromatic rings. The second kappa shape index (κ2) is 7.86. The first-order valence-corrected chi connectivity index (χ1v) is 7.18. The average Bonchev–Trinajstić information content (AvgIpc) is 2.69. The van der Waals surface area contributed by atoms with Crippen LogP contribution in [0.5, 0.6) is 0 Å². The van der Waals surface area contributed by atoms with Crippen molar-refractivity contribution >= 4 is 11.3 Å². The second-order valence-corrected chi connectivity index (χ2v) is 5.09. The van der Waals surface area contributed by atoms with E-state index in [4.69, 9.17) is 0 Å². The fraction of sp³-hybridized carbons (Fsp3) is 0.769. The maximum absolute atomic E-state index is 4.66. The number of hydrogen-bond donors (Lipinski definition) is 0. The highest BCUT2D eigenvalue weighted by atomic mass is 32.1. The number of rotatable bonds is 8. The standard InChI is InChI=1S/C13H23NS/c1-3-5-7-8-9-12-11-15-13(14-12)10-6-4-2/h11H,3-10H2,1-2H3. The molecule has 0 saturated heterocycles. The Bertz CT molecular complexity index is 255. The fourth-order valence-corrected chi connectivity index (χ4v) is 2.51. The Labute approximate surface area is 97.9 Å². The lowest BCUT2D eigenvalue weighted by molar-refractivity contribution is 0.660. The number of aryl methyl sites for hydroxylation is 2. The van der Waals surface area contributed by atoms with Gasteiger partial charge in [-0.3, -0.25) is 0 Å². The van der Waals surface area contributed by atoms with Gasteiger partial charge in [-0.1, -0.05) is 39.5 Å². The van der Waals surface area contributed by atoms with Crippen molar-refractivity contribution in [3.05, 3.63) is 16.1 Å². The first-order chi connectivity index (χ1) is 7.36. The van der Waals surface area contributed by atoms with E-state index in [9.17, 15) is 0 Å². The maximum Gasteiger partial charge on any atom is 0.0928 e. The number of aromatic nitrogens is 1. The van der Waals surface area contributed by atoms with Crippen LogP contribution in [-0.2, 0) is 12.8 Å². The van der Waals surface area contributed by atoms with Gasteiger partial charge in [-0.05, 0) is 25.7 Å². The molecule has 0 radical (unpaired) electrons. The molecule has 15 heavy (non-hydrogen) atoms. The Hall–Kier alpha value is -0.370. The summed E-state index contributed by atoms with van der Waals surface area (Å²) in [5.74, 6) is 0. The van der Waals surface area contributed by atoms with Gasteiger partial charge in [0.15, 0.2) is 0 Å². The summed E-state index contributed by atoms with van der Waals surface area (Å²) >= 11 is 1.84. The highest BCUT2D eigenvalue weighted by molar-refractivity contribution is 7.09. The predicted octanol–water partition coefficient (Wildman–Crippen LogP) is 4.61. The van der Waals surface area contributed by atoms with E-state index in [2.05, 4.69) is 24.2 Å². The molecule has 0 spiro atoms. The lowest BCUT2D eigenvalue weighted by Crippen LogP contribution is -1.88. The lowest BCUT2D eigenvalue weighted by atomic mass is 10.1. The summed E-state index contributed by atoms with van der Waals surface area (Å²) in [5.41, 5.74) is 1.32. The van der Waals surface area contributed by atoms with Gasteiger partial charge in [0, 0.05) is 5.38 Å². The van der Waals surface area contributed by atoms with Crippen LogP contribution < -0.4 is 0 Å². The van der Waals surface area contributed by atoms with Gasteiger partial charge >= 0.3 is 0 Å². The van der Waals surface area contributed by atoms with E-state index in [1.807, 2.05) is 11.3 Å². The molecule has 1 nitrogen and oxygen atoms in total. The molecule has 1 rings (SSSR count). The summed E-state index contributed by atoms with van der Waals surface area (Å²) in [6.07, 6.45) is 10.3. The Morgan fingerprint density at radius 2 is 1.80 bits per heavy atom. The van der Waals surface area contributed by atoms with E-state index in [1.54, 1.807) is 0 Å². The zero-order valence-electron chi connectivity index (χ0n) is 10.1. The third kappa shape index (κ3) is 5.31. The molecule has 1 heterocycles. The molecular formula is C13H23NS. The lowest BCUT2D eigenvalue weighted by Gasteiger charge is -1.96. The van der Waals surface area contributed by atoms with Crippen LogP contribution in [0.3, 0.4) is 0 Å². The van der Waals surface area contributed by atoms with Crippen molar-refractivity contribution in [2.24, 2.45) is 0 Å². The van der Waals surface area contributed by atoms with Crippen LogP contribution in [0.1, 0.15) is 63.1 Å². The first-order valence-electron chi connectivity index (χ1n) is 6.30. The SMILES string of the molecule is CCCCCCc1csc(CCCC)n1. The summed E-state index contributed by atoms with van der Waals surface area (Å²) in [7, 11) is 0. The van der Waals surface area contributed by atoms with Gasteiger partial charge in [0.1, 0.15) is 0 Å². The Balaban J connectivity index is 2.20. The van der Waals surface area contributed by atoms with Crippen LogP contribution >= 0.6 is 11.3 Å². The first kappa shape index (κ1) is 12.7. The Kier molecular flexibility index (Phi) is 6.66. The van der Waals surface area contributed by atoms with Crippen LogP contribution in [0.25, 0.3) is 0 Å². The van der Waals surface area contributed by atoms with Gasteiger partial charge in [0.25, 0.3) is 0 Å². The molecule has 0 N–H and O–H groups in total. The molecular weight excluding hydrogens is 202 g/mol.